The van der Waals surface area contributed by atoms with E-state index in [0.29, 0.717) is 12.3 Å². The average Bonchev–Trinajstić information content (AvgIpc) is 2.55. The third-order valence-electron chi connectivity index (χ3n) is 3.40. The summed E-state index contributed by atoms with van der Waals surface area (Å²) in [4.78, 5) is 11.4. The molecule has 2 rings (SSSR count). The second-order valence-corrected chi connectivity index (χ2v) is 4.21. The minimum absolute atomic E-state index is 0.158. The molecule has 0 aliphatic heterocycles. The van der Waals surface area contributed by atoms with E-state index in [1.807, 2.05) is 12.1 Å². The molecule has 0 saturated carbocycles. The topological polar surface area (TPSA) is 26.3 Å². The van der Waals surface area contributed by atoms with Crippen molar-refractivity contribution in [2.24, 2.45) is 0 Å². The summed E-state index contributed by atoms with van der Waals surface area (Å²) >= 11 is 0. The molecule has 0 fully saturated rings. The molecule has 1 unspecified atom stereocenters. The van der Waals surface area contributed by atoms with Gasteiger partial charge in [-0.15, -0.1) is 0 Å². The van der Waals surface area contributed by atoms with Gasteiger partial charge >= 0.3 is 5.97 Å². The van der Waals surface area contributed by atoms with Gasteiger partial charge in [-0.3, -0.25) is 4.79 Å². The lowest BCUT2D eigenvalue weighted by molar-refractivity contribution is -0.139. The molecule has 2 heteroatoms. The first kappa shape index (κ1) is 10.9. The Balaban J connectivity index is 2.36. The minimum Gasteiger partial charge on any atom is -0.469 e. The number of allylic oxidation sites excluding steroid dienone is 1. The summed E-state index contributed by atoms with van der Waals surface area (Å²) in [6.45, 7) is 4.23. The number of hydrogen-bond acceptors (Lipinski definition) is 2. The Hall–Kier alpha value is -1.57. The molecular formula is C14H16O2. The third-order valence-corrected chi connectivity index (χ3v) is 3.40. The summed E-state index contributed by atoms with van der Waals surface area (Å²) < 4.78 is 4.73. The lowest BCUT2D eigenvalue weighted by Gasteiger charge is -2.10. The van der Waals surface area contributed by atoms with Crippen molar-refractivity contribution in [2.45, 2.75) is 26.2 Å². The quantitative estimate of drug-likeness (QED) is 0.710. The molecule has 0 bridgehead atoms. The molecule has 1 atom stereocenters. The first-order chi connectivity index (χ1) is 7.65. The van der Waals surface area contributed by atoms with Gasteiger partial charge in [0.2, 0.25) is 0 Å². The van der Waals surface area contributed by atoms with Gasteiger partial charge in [-0.05, 0) is 29.2 Å². The van der Waals surface area contributed by atoms with Crippen molar-refractivity contribution in [3.8, 4) is 0 Å². The van der Waals surface area contributed by atoms with Crippen LogP contribution >= 0.6 is 0 Å². The van der Waals surface area contributed by atoms with Crippen LogP contribution in [0.2, 0.25) is 0 Å². The van der Waals surface area contributed by atoms with Crippen molar-refractivity contribution in [1.82, 2.24) is 0 Å². The molecule has 84 valence electrons. The van der Waals surface area contributed by atoms with Gasteiger partial charge < -0.3 is 4.74 Å². The van der Waals surface area contributed by atoms with Crippen molar-refractivity contribution in [3.05, 3.63) is 41.0 Å². The summed E-state index contributed by atoms with van der Waals surface area (Å²) in [5.41, 5.74) is 5.01. The molecule has 0 amide bonds. The predicted molar refractivity (Wildman–Crippen MR) is 64.1 cm³/mol. The van der Waals surface area contributed by atoms with E-state index in [-0.39, 0.29) is 5.97 Å². The molecule has 0 N–H and O–H groups in total. The van der Waals surface area contributed by atoms with Crippen molar-refractivity contribution in [1.29, 1.82) is 0 Å². The van der Waals surface area contributed by atoms with E-state index < -0.39 is 0 Å². The summed E-state index contributed by atoms with van der Waals surface area (Å²) in [6.07, 6.45) is 0.401. The maximum atomic E-state index is 11.4. The molecule has 1 aliphatic carbocycles. The molecular weight excluding hydrogens is 200 g/mol. The summed E-state index contributed by atoms with van der Waals surface area (Å²) in [6, 6.07) is 8.33. The highest BCUT2D eigenvalue weighted by atomic mass is 16.5. The van der Waals surface area contributed by atoms with Gasteiger partial charge in [-0.1, -0.05) is 31.2 Å². The van der Waals surface area contributed by atoms with Gasteiger partial charge in [0.1, 0.15) is 0 Å². The molecule has 0 heterocycles. The number of carbonyl (C=O) groups is 1. The van der Waals surface area contributed by atoms with Crippen LogP contribution in [-0.2, 0) is 9.53 Å². The van der Waals surface area contributed by atoms with Crippen LogP contribution in [0.25, 0.3) is 5.57 Å². The Morgan fingerprint density at radius 1 is 1.38 bits per heavy atom. The van der Waals surface area contributed by atoms with Crippen molar-refractivity contribution in [3.63, 3.8) is 0 Å². The van der Waals surface area contributed by atoms with Crippen LogP contribution in [0.5, 0.6) is 0 Å². The van der Waals surface area contributed by atoms with Crippen LogP contribution in [0.4, 0.5) is 0 Å². The van der Waals surface area contributed by atoms with E-state index in [1.54, 1.807) is 0 Å². The number of hydrogen-bond donors (Lipinski definition) is 0. The van der Waals surface area contributed by atoms with E-state index in [2.05, 4.69) is 26.0 Å². The van der Waals surface area contributed by atoms with Gasteiger partial charge in [0.15, 0.2) is 0 Å². The zero-order valence-electron chi connectivity index (χ0n) is 9.91. The second-order valence-electron chi connectivity index (χ2n) is 4.21. The van der Waals surface area contributed by atoms with Gasteiger partial charge in [0, 0.05) is 5.92 Å². The van der Waals surface area contributed by atoms with E-state index in [0.717, 1.165) is 0 Å². The fourth-order valence-electron chi connectivity index (χ4n) is 2.41. The number of carbonyl (C=O) groups excluding carboxylic acids is 1. The molecule has 16 heavy (non-hydrogen) atoms. The number of benzene rings is 1. The monoisotopic (exact) mass is 216 g/mol. The van der Waals surface area contributed by atoms with Crippen LogP contribution < -0.4 is 0 Å². The van der Waals surface area contributed by atoms with Gasteiger partial charge in [0.25, 0.3) is 0 Å². The Morgan fingerprint density at radius 3 is 2.69 bits per heavy atom. The van der Waals surface area contributed by atoms with Crippen LogP contribution in [0.1, 0.15) is 37.3 Å². The van der Waals surface area contributed by atoms with Crippen molar-refractivity contribution >= 4 is 11.5 Å². The Bertz CT molecular complexity index is 458. The van der Waals surface area contributed by atoms with E-state index in [1.165, 1.54) is 29.4 Å². The zero-order valence-corrected chi connectivity index (χ0v) is 9.91. The SMILES string of the molecule is COC(=O)CC1=C(C)c2ccccc2C1C. The third kappa shape index (κ3) is 1.64. The molecule has 1 aliphatic rings. The highest BCUT2D eigenvalue weighted by molar-refractivity contribution is 5.83. The highest BCUT2D eigenvalue weighted by Crippen LogP contribution is 2.42. The second kappa shape index (κ2) is 4.12. The van der Waals surface area contributed by atoms with E-state index >= 15 is 0 Å². The molecule has 1 aromatic carbocycles. The smallest absolute Gasteiger partial charge is 0.309 e. The maximum absolute atomic E-state index is 11.4. The molecule has 0 aromatic heterocycles. The number of esters is 1. The zero-order chi connectivity index (χ0) is 11.7. The molecule has 2 nitrogen and oxygen atoms in total. The standard InChI is InChI=1S/C14H16O2/c1-9-11-6-4-5-7-12(11)10(2)13(9)8-14(15)16-3/h4-7,9H,8H2,1-3H3. The molecule has 0 spiro atoms. The Kier molecular flexibility index (Phi) is 2.82. The Labute approximate surface area is 95.9 Å². The molecule has 0 saturated heterocycles. The predicted octanol–water partition coefficient (Wildman–Crippen LogP) is 3.14. The Morgan fingerprint density at radius 2 is 2.06 bits per heavy atom. The molecule has 1 aromatic rings. The number of methoxy groups -OCH3 is 1. The fraction of sp³-hybridized carbons (Fsp3) is 0.357. The lowest BCUT2D eigenvalue weighted by atomic mass is 9.96. The maximum Gasteiger partial charge on any atom is 0.309 e. The lowest BCUT2D eigenvalue weighted by Crippen LogP contribution is -2.04. The molecule has 0 radical (unpaired) electrons. The van der Waals surface area contributed by atoms with Gasteiger partial charge in [-0.2, -0.15) is 0 Å². The van der Waals surface area contributed by atoms with E-state index in [4.69, 9.17) is 4.74 Å². The van der Waals surface area contributed by atoms with E-state index in [9.17, 15) is 4.79 Å². The minimum atomic E-state index is -0.158. The van der Waals surface area contributed by atoms with Gasteiger partial charge in [-0.25, -0.2) is 0 Å². The summed E-state index contributed by atoms with van der Waals surface area (Å²) in [7, 11) is 1.44. The normalized spacial score (nSPS) is 18.6. The van der Waals surface area contributed by atoms with Crippen LogP contribution in [0.3, 0.4) is 0 Å². The summed E-state index contributed by atoms with van der Waals surface area (Å²) in [5.74, 6) is 0.171. The van der Waals surface area contributed by atoms with Crippen LogP contribution in [0.15, 0.2) is 29.8 Å². The highest BCUT2D eigenvalue weighted by Gasteiger charge is 2.26. The van der Waals surface area contributed by atoms with Gasteiger partial charge in [0.05, 0.1) is 13.5 Å². The first-order valence-electron chi connectivity index (χ1n) is 5.51. The van der Waals surface area contributed by atoms with Crippen LogP contribution in [-0.4, -0.2) is 13.1 Å². The fourth-order valence-corrected chi connectivity index (χ4v) is 2.41. The number of fused-ring (bicyclic) bond motifs is 1. The number of rotatable bonds is 2. The van der Waals surface area contributed by atoms with Crippen molar-refractivity contribution < 1.29 is 9.53 Å². The van der Waals surface area contributed by atoms with Crippen molar-refractivity contribution in [2.75, 3.05) is 7.11 Å². The average molecular weight is 216 g/mol. The van der Waals surface area contributed by atoms with Crippen LogP contribution in [0, 0.1) is 0 Å². The summed E-state index contributed by atoms with van der Waals surface area (Å²) in [5, 5.41) is 0. The largest absolute Gasteiger partial charge is 0.469 e. The number of ether oxygens (including phenoxy) is 1. The first-order valence-corrected chi connectivity index (χ1v) is 5.51.